The quantitative estimate of drug-likeness (QED) is 0.721. The van der Waals surface area contributed by atoms with Crippen molar-refractivity contribution in [3.63, 3.8) is 0 Å². The summed E-state index contributed by atoms with van der Waals surface area (Å²) in [7, 11) is 2.12. The first-order valence-electron chi connectivity index (χ1n) is 7.07. The Kier molecular flexibility index (Phi) is 2.65. The highest BCUT2D eigenvalue weighted by Crippen LogP contribution is 2.32. The molecule has 5 nitrogen and oxygen atoms in total. The molecule has 0 saturated carbocycles. The summed E-state index contributed by atoms with van der Waals surface area (Å²) >= 11 is 0. The Balaban J connectivity index is 1.94. The first-order valence-corrected chi connectivity index (χ1v) is 7.07. The van der Waals surface area contributed by atoms with Crippen LogP contribution in [-0.4, -0.2) is 40.7 Å². The molecular formula is C15H17N3O2. The Hall–Kier alpha value is -1.72. The minimum Gasteiger partial charge on any atom is -0.367 e. The zero-order valence-corrected chi connectivity index (χ0v) is 11.5. The second-order valence-electron chi connectivity index (χ2n) is 5.57. The Labute approximate surface area is 116 Å². The maximum absolute atomic E-state index is 12.6. The zero-order valence-electron chi connectivity index (χ0n) is 11.5. The predicted octanol–water partition coefficient (Wildman–Crippen LogP) is 1.17. The highest BCUT2D eigenvalue weighted by molar-refractivity contribution is 5.77. The maximum Gasteiger partial charge on any atom is 0.261 e. The van der Waals surface area contributed by atoms with Crippen LogP contribution in [0.2, 0.25) is 0 Å². The molecule has 2 atom stereocenters. The molecule has 5 heteroatoms. The Morgan fingerprint density at radius 1 is 1.30 bits per heavy atom. The molecule has 104 valence electrons. The molecule has 20 heavy (non-hydrogen) atoms. The number of hydrogen-bond acceptors (Lipinski definition) is 4. The van der Waals surface area contributed by atoms with Gasteiger partial charge in [0.05, 0.1) is 17.5 Å². The summed E-state index contributed by atoms with van der Waals surface area (Å²) in [6, 6.07) is 7.87. The molecule has 2 aliphatic rings. The largest absolute Gasteiger partial charge is 0.367 e. The lowest BCUT2D eigenvalue weighted by atomic mass is 9.99. The van der Waals surface area contributed by atoms with Crippen LogP contribution in [0.25, 0.3) is 10.9 Å². The Morgan fingerprint density at radius 2 is 2.15 bits per heavy atom. The van der Waals surface area contributed by atoms with Gasteiger partial charge >= 0.3 is 0 Å². The van der Waals surface area contributed by atoms with Crippen molar-refractivity contribution in [2.45, 2.75) is 25.1 Å². The molecule has 2 aromatic rings. The van der Waals surface area contributed by atoms with Crippen molar-refractivity contribution < 1.29 is 4.74 Å². The van der Waals surface area contributed by atoms with Crippen molar-refractivity contribution in [3.8, 4) is 0 Å². The summed E-state index contributed by atoms with van der Waals surface area (Å²) in [6.45, 7) is 2.36. The van der Waals surface area contributed by atoms with Crippen LogP contribution in [0.15, 0.2) is 29.1 Å². The van der Waals surface area contributed by atoms with Crippen molar-refractivity contribution in [3.05, 3.63) is 40.4 Å². The molecular weight excluding hydrogens is 254 g/mol. The number of fused-ring (bicyclic) bond motifs is 4. The SMILES string of the molecule is CN1CCO[C@H]2c3nc4ccccc4c(=O)n3CC[C@H]21. The maximum atomic E-state index is 12.6. The number of nitrogens with zero attached hydrogens (tertiary/aromatic N) is 3. The number of para-hydroxylation sites is 1. The number of benzene rings is 1. The number of morpholine rings is 1. The van der Waals surface area contributed by atoms with Gasteiger partial charge in [0, 0.05) is 19.1 Å². The summed E-state index contributed by atoms with van der Waals surface area (Å²) in [6.07, 6.45) is 0.855. The van der Waals surface area contributed by atoms with E-state index in [1.807, 2.05) is 24.3 Å². The van der Waals surface area contributed by atoms with Crippen LogP contribution in [0.3, 0.4) is 0 Å². The van der Waals surface area contributed by atoms with Gasteiger partial charge in [-0.2, -0.15) is 0 Å². The number of likely N-dealkylation sites (N-methyl/N-ethyl adjacent to an activating group) is 1. The molecule has 4 rings (SSSR count). The van der Waals surface area contributed by atoms with Gasteiger partial charge in [-0.15, -0.1) is 0 Å². The average Bonchev–Trinajstić information content (AvgIpc) is 2.48. The van der Waals surface area contributed by atoms with E-state index in [0.29, 0.717) is 18.0 Å². The van der Waals surface area contributed by atoms with E-state index in [4.69, 9.17) is 9.72 Å². The molecule has 0 radical (unpaired) electrons. The summed E-state index contributed by atoms with van der Waals surface area (Å²) in [4.78, 5) is 19.6. The van der Waals surface area contributed by atoms with Gasteiger partial charge in [0.15, 0.2) is 0 Å². The highest BCUT2D eigenvalue weighted by atomic mass is 16.5. The summed E-state index contributed by atoms with van der Waals surface area (Å²) < 4.78 is 7.71. The van der Waals surface area contributed by atoms with Gasteiger partial charge < -0.3 is 4.74 Å². The van der Waals surface area contributed by atoms with E-state index in [2.05, 4.69) is 11.9 Å². The van der Waals surface area contributed by atoms with Crippen LogP contribution < -0.4 is 5.56 Å². The van der Waals surface area contributed by atoms with Crippen LogP contribution in [0, 0.1) is 0 Å². The average molecular weight is 271 g/mol. The fourth-order valence-electron chi connectivity index (χ4n) is 3.33. The molecule has 0 aliphatic carbocycles. The highest BCUT2D eigenvalue weighted by Gasteiger charge is 2.37. The topological polar surface area (TPSA) is 47.4 Å². The van der Waals surface area contributed by atoms with Crippen molar-refractivity contribution in [1.29, 1.82) is 0 Å². The van der Waals surface area contributed by atoms with Crippen molar-refractivity contribution in [2.24, 2.45) is 0 Å². The molecule has 0 bridgehead atoms. The van der Waals surface area contributed by atoms with E-state index >= 15 is 0 Å². The molecule has 1 saturated heterocycles. The van der Waals surface area contributed by atoms with Gasteiger partial charge in [-0.3, -0.25) is 14.3 Å². The summed E-state index contributed by atoms with van der Waals surface area (Å²) in [5.74, 6) is 0.788. The molecule has 0 unspecified atom stereocenters. The molecule has 0 spiro atoms. The van der Waals surface area contributed by atoms with Gasteiger partial charge in [0.2, 0.25) is 0 Å². The number of hydrogen-bond donors (Lipinski definition) is 0. The van der Waals surface area contributed by atoms with Gasteiger partial charge in [-0.25, -0.2) is 4.98 Å². The van der Waals surface area contributed by atoms with Gasteiger partial charge in [0.25, 0.3) is 5.56 Å². The number of ether oxygens (including phenoxy) is 1. The third-order valence-electron chi connectivity index (χ3n) is 4.45. The lowest BCUT2D eigenvalue weighted by Gasteiger charge is -2.42. The fraction of sp³-hybridized carbons (Fsp3) is 0.467. The monoisotopic (exact) mass is 271 g/mol. The van der Waals surface area contributed by atoms with Gasteiger partial charge in [-0.1, -0.05) is 12.1 Å². The minimum absolute atomic E-state index is 0.0564. The van der Waals surface area contributed by atoms with Crippen LogP contribution in [0.1, 0.15) is 18.3 Å². The van der Waals surface area contributed by atoms with E-state index in [1.54, 1.807) is 4.57 Å². The number of rotatable bonds is 0. The van der Waals surface area contributed by atoms with Crippen LogP contribution in [0.4, 0.5) is 0 Å². The van der Waals surface area contributed by atoms with Crippen molar-refractivity contribution in [2.75, 3.05) is 20.2 Å². The molecule has 0 N–H and O–H groups in total. The number of aromatic nitrogens is 2. The Morgan fingerprint density at radius 3 is 3.05 bits per heavy atom. The van der Waals surface area contributed by atoms with E-state index in [0.717, 1.165) is 30.9 Å². The van der Waals surface area contributed by atoms with E-state index < -0.39 is 0 Å². The fourth-order valence-corrected chi connectivity index (χ4v) is 3.33. The van der Waals surface area contributed by atoms with Gasteiger partial charge in [-0.05, 0) is 25.6 Å². The van der Waals surface area contributed by atoms with Crippen molar-refractivity contribution >= 4 is 10.9 Å². The standard InChI is InChI=1S/C15H17N3O2/c1-17-8-9-20-13-12(17)6-7-18-14(13)16-11-5-3-2-4-10(11)15(18)19/h2-5,12-13H,6-9H2,1H3/t12-,13-/m1/s1. The second-order valence-corrected chi connectivity index (χ2v) is 5.57. The van der Waals surface area contributed by atoms with Crippen molar-refractivity contribution in [1.82, 2.24) is 14.5 Å². The zero-order chi connectivity index (χ0) is 13.7. The van der Waals surface area contributed by atoms with Crippen LogP contribution in [0.5, 0.6) is 0 Å². The second kappa shape index (κ2) is 4.40. The molecule has 1 fully saturated rings. The lowest BCUT2D eigenvalue weighted by Crippen LogP contribution is -2.50. The third kappa shape index (κ3) is 1.63. The van der Waals surface area contributed by atoms with E-state index in [9.17, 15) is 4.79 Å². The first kappa shape index (κ1) is 12.1. The van der Waals surface area contributed by atoms with Crippen LogP contribution in [-0.2, 0) is 11.3 Å². The van der Waals surface area contributed by atoms with E-state index in [-0.39, 0.29) is 11.7 Å². The molecule has 0 amide bonds. The first-order chi connectivity index (χ1) is 9.75. The van der Waals surface area contributed by atoms with Crippen LogP contribution >= 0.6 is 0 Å². The molecule has 1 aromatic carbocycles. The molecule has 1 aromatic heterocycles. The summed E-state index contributed by atoms with van der Waals surface area (Å²) in [5, 5.41) is 0.693. The predicted molar refractivity (Wildman–Crippen MR) is 75.7 cm³/mol. The molecule has 3 heterocycles. The van der Waals surface area contributed by atoms with Gasteiger partial charge in [0.1, 0.15) is 11.9 Å². The smallest absolute Gasteiger partial charge is 0.261 e. The lowest BCUT2D eigenvalue weighted by molar-refractivity contribution is -0.0818. The van der Waals surface area contributed by atoms with E-state index in [1.165, 1.54) is 0 Å². The Bertz CT molecular complexity index is 725. The third-order valence-corrected chi connectivity index (χ3v) is 4.45. The molecule has 2 aliphatic heterocycles. The minimum atomic E-state index is -0.0835. The summed E-state index contributed by atoms with van der Waals surface area (Å²) in [5.41, 5.74) is 0.821. The normalized spacial score (nSPS) is 26.2.